The number of anilines is 1. The van der Waals surface area contributed by atoms with Gasteiger partial charge in [-0.1, -0.05) is 6.07 Å². The molecule has 3 rings (SSSR count). The van der Waals surface area contributed by atoms with Crippen molar-refractivity contribution < 1.29 is 13.9 Å². The third-order valence-corrected chi connectivity index (χ3v) is 4.00. The molecule has 2 fully saturated rings. The molecule has 1 saturated carbocycles. The van der Waals surface area contributed by atoms with Crippen LogP contribution in [0.15, 0.2) is 23.3 Å². The smallest absolute Gasteiger partial charge is 0.243 e. The summed E-state index contributed by atoms with van der Waals surface area (Å²) in [6, 6.07) is 5.06. The van der Waals surface area contributed by atoms with Crippen LogP contribution in [0.25, 0.3) is 0 Å². The first kappa shape index (κ1) is 15.0. The van der Waals surface area contributed by atoms with Gasteiger partial charge in [0.25, 0.3) is 0 Å². The van der Waals surface area contributed by atoms with Crippen LogP contribution in [0.1, 0.15) is 25.3 Å². The summed E-state index contributed by atoms with van der Waals surface area (Å²) >= 11 is 0. The van der Waals surface area contributed by atoms with Gasteiger partial charge in [0.1, 0.15) is 5.82 Å². The minimum atomic E-state index is -0.275. The number of morpholine rings is 1. The zero-order valence-electron chi connectivity index (χ0n) is 12.6. The van der Waals surface area contributed by atoms with Crippen LogP contribution >= 0.6 is 0 Å². The molecule has 1 aromatic carbocycles. The number of rotatable bonds is 4. The van der Waals surface area contributed by atoms with E-state index in [1.807, 2.05) is 11.0 Å². The molecule has 2 aliphatic rings. The Bertz CT molecular complexity index is 593. The maximum Gasteiger partial charge on any atom is 0.243 e. The van der Waals surface area contributed by atoms with Gasteiger partial charge in [0.2, 0.25) is 5.91 Å². The highest BCUT2D eigenvalue weighted by molar-refractivity contribution is 5.99. The van der Waals surface area contributed by atoms with Gasteiger partial charge in [0.05, 0.1) is 24.6 Å². The maximum atomic E-state index is 14.3. The quantitative estimate of drug-likeness (QED) is 0.683. The highest BCUT2D eigenvalue weighted by Gasteiger charge is 2.29. The van der Waals surface area contributed by atoms with Crippen molar-refractivity contribution in [1.29, 1.82) is 0 Å². The molecule has 1 aliphatic heterocycles. The third kappa shape index (κ3) is 3.44. The molecule has 6 heteroatoms. The van der Waals surface area contributed by atoms with Crippen molar-refractivity contribution in [2.45, 2.75) is 19.8 Å². The highest BCUT2D eigenvalue weighted by Crippen LogP contribution is 2.28. The largest absolute Gasteiger partial charge is 0.378 e. The lowest BCUT2D eigenvalue weighted by molar-refractivity contribution is -0.122. The Morgan fingerprint density at radius 2 is 2.09 bits per heavy atom. The average Bonchev–Trinajstić information content (AvgIpc) is 3.38. The number of hydrogen-bond acceptors (Lipinski definition) is 4. The van der Waals surface area contributed by atoms with E-state index in [4.69, 9.17) is 4.74 Å². The van der Waals surface area contributed by atoms with Crippen LogP contribution in [0.5, 0.6) is 0 Å². The second kappa shape index (κ2) is 6.44. The summed E-state index contributed by atoms with van der Waals surface area (Å²) in [5.41, 5.74) is 4.40. The zero-order valence-corrected chi connectivity index (χ0v) is 12.6. The Hall–Kier alpha value is -1.95. The van der Waals surface area contributed by atoms with Gasteiger partial charge in [-0.25, -0.2) is 9.82 Å². The molecular weight excluding hydrogens is 285 g/mol. The summed E-state index contributed by atoms with van der Waals surface area (Å²) in [7, 11) is 0. The molecule has 0 radical (unpaired) electrons. The van der Waals surface area contributed by atoms with E-state index in [9.17, 15) is 9.18 Å². The molecule has 1 saturated heterocycles. The van der Waals surface area contributed by atoms with Gasteiger partial charge in [-0.2, -0.15) is 5.10 Å². The van der Waals surface area contributed by atoms with Gasteiger partial charge in [-0.15, -0.1) is 0 Å². The molecule has 1 aliphatic carbocycles. The van der Waals surface area contributed by atoms with Crippen molar-refractivity contribution in [3.63, 3.8) is 0 Å². The van der Waals surface area contributed by atoms with Gasteiger partial charge in [0.15, 0.2) is 0 Å². The summed E-state index contributed by atoms with van der Waals surface area (Å²) in [6.07, 6.45) is 1.87. The summed E-state index contributed by atoms with van der Waals surface area (Å²) < 4.78 is 19.6. The molecular formula is C16H20FN3O2. The molecule has 0 atom stereocenters. The van der Waals surface area contributed by atoms with E-state index in [0.29, 0.717) is 43.3 Å². The summed E-state index contributed by atoms with van der Waals surface area (Å²) in [5, 5.41) is 4.06. The number of halogens is 1. The van der Waals surface area contributed by atoms with Crippen molar-refractivity contribution in [1.82, 2.24) is 5.43 Å². The molecule has 1 aromatic rings. The average molecular weight is 305 g/mol. The SMILES string of the molecule is C/C(=N/NC(=O)C1CC1)c1ccc(N2CCOCC2)c(F)c1. The Labute approximate surface area is 129 Å². The monoisotopic (exact) mass is 305 g/mol. The molecule has 0 bridgehead atoms. The lowest BCUT2D eigenvalue weighted by atomic mass is 10.1. The number of carbonyl (C=O) groups is 1. The van der Waals surface area contributed by atoms with Crippen molar-refractivity contribution in [2.75, 3.05) is 31.2 Å². The Balaban J connectivity index is 1.69. The number of nitrogens with one attached hydrogen (secondary N) is 1. The van der Waals surface area contributed by atoms with E-state index in [0.717, 1.165) is 12.8 Å². The fourth-order valence-electron chi connectivity index (χ4n) is 2.43. The van der Waals surface area contributed by atoms with Crippen molar-refractivity contribution >= 4 is 17.3 Å². The summed E-state index contributed by atoms with van der Waals surface area (Å²) in [4.78, 5) is 13.5. The Morgan fingerprint density at radius 3 is 2.73 bits per heavy atom. The lowest BCUT2D eigenvalue weighted by Crippen LogP contribution is -2.36. The van der Waals surface area contributed by atoms with E-state index in [-0.39, 0.29) is 17.6 Å². The van der Waals surface area contributed by atoms with Gasteiger partial charge in [-0.3, -0.25) is 4.79 Å². The van der Waals surface area contributed by atoms with Crippen LogP contribution in [-0.2, 0) is 9.53 Å². The minimum absolute atomic E-state index is 0.0511. The molecule has 0 unspecified atom stereocenters. The van der Waals surface area contributed by atoms with Gasteiger partial charge in [0, 0.05) is 24.6 Å². The first-order valence-electron chi connectivity index (χ1n) is 7.62. The standard InChI is InChI=1S/C16H20FN3O2/c1-11(18-19-16(21)12-2-3-12)13-4-5-15(14(17)10-13)20-6-8-22-9-7-20/h4-5,10,12H,2-3,6-9H2,1H3,(H,19,21)/b18-11-. The number of benzene rings is 1. The van der Waals surface area contributed by atoms with E-state index in [1.165, 1.54) is 6.07 Å². The second-order valence-corrected chi connectivity index (χ2v) is 5.71. The zero-order chi connectivity index (χ0) is 15.5. The van der Waals surface area contributed by atoms with Crippen LogP contribution in [0.4, 0.5) is 10.1 Å². The number of carbonyl (C=O) groups excluding carboxylic acids is 1. The number of hydrazone groups is 1. The van der Waals surface area contributed by atoms with Crippen LogP contribution in [0, 0.1) is 11.7 Å². The van der Waals surface area contributed by atoms with Crippen LogP contribution in [0.2, 0.25) is 0 Å². The summed E-state index contributed by atoms with van der Waals surface area (Å²) in [6.45, 7) is 4.39. The normalized spacial score (nSPS) is 19.2. The van der Waals surface area contributed by atoms with Gasteiger partial charge < -0.3 is 9.64 Å². The predicted molar refractivity (Wildman–Crippen MR) is 82.5 cm³/mol. The fourth-order valence-corrected chi connectivity index (χ4v) is 2.43. The third-order valence-electron chi connectivity index (χ3n) is 4.00. The molecule has 118 valence electrons. The lowest BCUT2D eigenvalue weighted by Gasteiger charge is -2.29. The summed E-state index contributed by atoms with van der Waals surface area (Å²) in [5.74, 6) is -0.218. The van der Waals surface area contributed by atoms with E-state index in [2.05, 4.69) is 10.5 Å². The molecule has 1 amide bonds. The molecule has 1 N–H and O–H groups in total. The molecule has 5 nitrogen and oxygen atoms in total. The first-order valence-corrected chi connectivity index (χ1v) is 7.62. The van der Waals surface area contributed by atoms with Gasteiger partial charge >= 0.3 is 0 Å². The van der Waals surface area contributed by atoms with E-state index in [1.54, 1.807) is 13.0 Å². The molecule has 0 aromatic heterocycles. The van der Waals surface area contributed by atoms with Gasteiger partial charge in [-0.05, 0) is 31.9 Å². The Kier molecular flexibility index (Phi) is 4.38. The predicted octanol–water partition coefficient (Wildman–Crippen LogP) is 1.91. The number of nitrogens with zero attached hydrogens (tertiary/aromatic N) is 2. The molecule has 0 spiro atoms. The van der Waals surface area contributed by atoms with Crippen LogP contribution < -0.4 is 10.3 Å². The highest BCUT2D eigenvalue weighted by atomic mass is 19.1. The van der Waals surface area contributed by atoms with Crippen molar-refractivity contribution in [3.8, 4) is 0 Å². The topological polar surface area (TPSA) is 53.9 Å². The Morgan fingerprint density at radius 1 is 1.36 bits per heavy atom. The van der Waals surface area contributed by atoms with Crippen LogP contribution in [-0.4, -0.2) is 37.9 Å². The number of hydrogen-bond donors (Lipinski definition) is 1. The number of amides is 1. The fraction of sp³-hybridized carbons (Fsp3) is 0.500. The van der Waals surface area contributed by atoms with Crippen molar-refractivity contribution in [2.24, 2.45) is 11.0 Å². The maximum absolute atomic E-state index is 14.3. The molecule has 1 heterocycles. The van der Waals surface area contributed by atoms with Crippen LogP contribution in [0.3, 0.4) is 0 Å². The van der Waals surface area contributed by atoms with E-state index < -0.39 is 0 Å². The number of ether oxygens (including phenoxy) is 1. The van der Waals surface area contributed by atoms with Crippen molar-refractivity contribution in [3.05, 3.63) is 29.6 Å². The minimum Gasteiger partial charge on any atom is -0.378 e. The van der Waals surface area contributed by atoms with E-state index >= 15 is 0 Å². The first-order chi connectivity index (χ1) is 10.6. The molecule has 22 heavy (non-hydrogen) atoms. The second-order valence-electron chi connectivity index (χ2n) is 5.71.